The van der Waals surface area contributed by atoms with E-state index < -0.39 is 7.77 Å². The van der Waals surface area contributed by atoms with Gasteiger partial charge in [0.25, 0.3) is 0 Å². The zero-order valence-corrected chi connectivity index (χ0v) is 22.7. The molecule has 2 atom stereocenters. The van der Waals surface area contributed by atoms with Crippen LogP contribution in [0.3, 0.4) is 0 Å². The molecule has 0 fully saturated rings. The lowest BCUT2D eigenvalue weighted by Gasteiger charge is -2.10. The second-order valence-corrected chi connectivity index (χ2v) is 12.5. The average Bonchev–Trinajstić information content (AvgIpc) is 3.22. The minimum atomic E-state index is -1.46. The predicted molar refractivity (Wildman–Crippen MR) is 145 cm³/mol. The van der Waals surface area contributed by atoms with Gasteiger partial charge in [-0.05, 0) is 13.3 Å². The van der Waals surface area contributed by atoms with E-state index in [1.807, 2.05) is 33.1 Å². The Morgan fingerprint density at radius 1 is 1.03 bits per heavy atom. The number of fused-ring (bicyclic) bond motifs is 1. The Hall–Kier alpha value is -0.860. The van der Waals surface area contributed by atoms with Crippen LogP contribution >= 0.6 is 29.4 Å². The van der Waals surface area contributed by atoms with Gasteiger partial charge in [0, 0.05) is 11.5 Å². The van der Waals surface area contributed by atoms with E-state index in [4.69, 9.17) is 10.5 Å². The zero-order chi connectivity index (χ0) is 23.7. The molecule has 0 spiro atoms. The second-order valence-electron chi connectivity index (χ2n) is 8.35. The third-order valence-corrected chi connectivity index (χ3v) is 9.17. The quantitative estimate of drug-likeness (QED) is 0.146. The van der Waals surface area contributed by atoms with Gasteiger partial charge < -0.3 is 19.9 Å². The molecule has 0 aromatic carbocycles. The molecule has 0 aliphatic rings. The topological polar surface area (TPSA) is 102 Å². The summed E-state index contributed by atoms with van der Waals surface area (Å²) >= 11 is 0. The van der Waals surface area contributed by atoms with Gasteiger partial charge in [-0.3, -0.25) is 0 Å². The molecule has 0 aliphatic heterocycles. The van der Waals surface area contributed by atoms with Crippen LogP contribution < -0.4 is 10.6 Å². The highest BCUT2D eigenvalue weighted by atomic mass is 33.1. The van der Waals surface area contributed by atoms with Gasteiger partial charge in [-0.1, -0.05) is 86.3 Å². The highest BCUT2D eigenvalue weighted by Crippen LogP contribution is 2.26. The summed E-state index contributed by atoms with van der Waals surface area (Å²) in [4.78, 5) is 24.6. The molecule has 0 saturated heterocycles. The molecular formula is C23H40N5O2PS2. The Balaban J connectivity index is 1.46. The number of hydrogen-bond donors (Lipinski definition) is 1. The molecule has 0 aliphatic carbocycles. The maximum atomic E-state index is 12.2. The van der Waals surface area contributed by atoms with E-state index in [0.717, 1.165) is 5.75 Å². The Bertz CT molecular complexity index is 821. The van der Waals surface area contributed by atoms with Gasteiger partial charge in [-0.2, -0.15) is 0 Å². The van der Waals surface area contributed by atoms with Crippen LogP contribution in [-0.4, -0.2) is 49.3 Å². The first-order chi connectivity index (χ1) is 16.1. The number of anilines is 1. The van der Waals surface area contributed by atoms with Crippen molar-refractivity contribution in [3.05, 3.63) is 12.7 Å². The normalized spacial score (nSPS) is 13.1. The third-order valence-electron chi connectivity index (χ3n) is 5.35. The van der Waals surface area contributed by atoms with Crippen molar-refractivity contribution in [1.82, 2.24) is 19.5 Å². The van der Waals surface area contributed by atoms with Crippen molar-refractivity contribution in [2.75, 3.05) is 23.4 Å². The summed E-state index contributed by atoms with van der Waals surface area (Å²) in [6.07, 6.45) is 17.3. The average molecular weight is 514 g/mol. The minimum absolute atomic E-state index is 0.143. The fourth-order valence-corrected chi connectivity index (χ4v) is 7.23. The first-order valence-corrected chi connectivity index (χ1v) is 16.2. The van der Waals surface area contributed by atoms with E-state index >= 15 is 0 Å². The summed E-state index contributed by atoms with van der Waals surface area (Å²) in [6.45, 7) is 4.76. The Labute approximate surface area is 207 Å². The Kier molecular flexibility index (Phi) is 15.1. The van der Waals surface area contributed by atoms with Crippen LogP contribution in [0.15, 0.2) is 12.7 Å². The van der Waals surface area contributed by atoms with Crippen molar-refractivity contribution >= 4 is 52.3 Å². The van der Waals surface area contributed by atoms with Gasteiger partial charge in [0.05, 0.1) is 26.7 Å². The van der Waals surface area contributed by atoms with Crippen molar-refractivity contribution in [3.8, 4) is 0 Å². The standard InChI is InChI=1S/C23H40N5O2PS2/c1-3-4-5-6-7-8-9-10-11-12-14-32-33-15-13-31(29)19-30-20(2)16-28-18-27-21-22(24)25-17-26-23(21)28/h17-20H,3-16H2,1-2H3,(H2,24,25,26). The number of hydrogen-bond acceptors (Lipinski definition) is 8. The first-order valence-electron chi connectivity index (χ1n) is 12.2. The molecule has 186 valence electrons. The number of ether oxygens (including phenoxy) is 1. The fraction of sp³-hybridized carbons (Fsp3) is 0.739. The molecule has 7 nitrogen and oxygen atoms in total. The molecule has 2 heterocycles. The van der Waals surface area contributed by atoms with Crippen LogP contribution in [0.1, 0.15) is 78.1 Å². The number of nitrogen functional groups attached to an aromatic ring is 1. The lowest BCUT2D eigenvalue weighted by molar-refractivity contribution is -0.153. The summed E-state index contributed by atoms with van der Waals surface area (Å²) in [5, 5.41) is 0. The number of nitrogens with two attached hydrogens (primary N) is 1. The van der Waals surface area contributed by atoms with E-state index in [9.17, 15) is 4.89 Å². The molecule has 0 bridgehead atoms. The van der Waals surface area contributed by atoms with E-state index in [1.54, 1.807) is 6.33 Å². The lowest BCUT2D eigenvalue weighted by atomic mass is 10.1. The monoisotopic (exact) mass is 513 g/mol. The van der Waals surface area contributed by atoms with E-state index in [0.29, 0.717) is 29.7 Å². The van der Waals surface area contributed by atoms with Gasteiger partial charge in [0.2, 0.25) is 5.98 Å². The van der Waals surface area contributed by atoms with Gasteiger partial charge in [-0.25, -0.2) is 15.0 Å². The van der Waals surface area contributed by atoms with Gasteiger partial charge in [0.15, 0.2) is 11.5 Å². The van der Waals surface area contributed by atoms with Crippen molar-refractivity contribution < 1.29 is 9.63 Å². The lowest BCUT2D eigenvalue weighted by Crippen LogP contribution is -2.16. The minimum Gasteiger partial charge on any atom is -0.629 e. The number of imidazole rings is 1. The Morgan fingerprint density at radius 3 is 2.42 bits per heavy atom. The summed E-state index contributed by atoms with van der Waals surface area (Å²) in [6, 6.07) is 0. The van der Waals surface area contributed by atoms with Crippen molar-refractivity contribution in [2.24, 2.45) is 0 Å². The molecular weight excluding hydrogens is 473 g/mol. The van der Waals surface area contributed by atoms with Gasteiger partial charge in [0.1, 0.15) is 18.0 Å². The summed E-state index contributed by atoms with van der Waals surface area (Å²) in [5.74, 6) is 3.93. The molecule has 0 amide bonds. The molecule has 2 aromatic rings. The highest BCUT2D eigenvalue weighted by Gasteiger charge is 2.11. The van der Waals surface area contributed by atoms with Crippen molar-refractivity contribution in [2.45, 2.75) is 90.7 Å². The number of aromatic nitrogens is 4. The molecule has 33 heavy (non-hydrogen) atoms. The maximum Gasteiger partial charge on any atom is 0.208 e. The summed E-state index contributed by atoms with van der Waals surface area (Å²) < 4.78 is 7.55. The number of nitrogens with zero attached hydrogens (tertiary/aromatic N) is 4. The zero-order valence-electron chi connectivity index (χ0n) is 20.2. The van der Waals surface area contributed by atoms with Crippen LogP contribution in [0.5, 0.6) is 0 Å². The molecule has 2 aromatic heterocycles. The molecule has 10 heteroatoms. The third kappa shape index (κ3) is 11.9. The van der Waals surface area contributed by atoms with Gasteiger partial charge in [-0.15, -0.1) is 0 Å². The molecule has 0 saturated carbocycles. The summed E-state index contributed by atoms with van der Waals surface area (Å²) in [7, 11) is 2.27. The maximum absolute atomic E-state index is 12.2. The molecule has 2 unspecified atom stereocenters. The van der Waals surface area contributed by atoms with E-state index in [1.165, 1.54) is 82.3 Å². The number of unbranched alkanes of at least 4 members (excludes halogenated alkanes) is 9. The van der Waals surface area contributed by atoms with Crippen LogP contribution in [0.4, 0.5) is 5.82 Å². The first kappa shape index (κ1) is 28.4. The Morgan fingerprint density at radius 2 is 1.70 bits per heavy atom. The fourth-order valence-electron chi connectivity index (χ4n) is 3.47. The SMILES string of the molecule is CCCCCCCCCCCCSSCC/[P+]([O-])=C/OC(C)Cn1cnc2c(N)ncnc21. The largest absolute Gasteiger partial charge is 0.629 e. The van der Waals surface area contributed by atoms with Gasteiger partial charge >= 0.3 is 0 Å². The van der Waals surface area contributed by atoms with Crippen molar-refractivity contribution in [1.29, 1.82) is 0 Å². The van der Waals surface area contributed by atoms with Crippen molar-refractivity contribution in [3.63, 3.8) is 0 Å². The highest BCUT2D eigenvalue weighted by molar-refractivity contribution is 8.76. The number of rotatable bonds is 19. The second kappa shape index (κ2) is 17.6. The molecule has 0 radical (unpaired) electrons. The van der Waals surface area contributed by atoms with E-state index in [-0.39, 0.29) is 6.10 Å². The van der Waals surface area contributed by atoms with Crippen LogP contribution in [-0.2, 0) is 11.3 Å². The van der Waals surface area contributed by atoms with Crippen LogP contribution in [0.25, 0.3) is 11.2 Å². The summed E-state index contributed by atoms with van der Waals surface area (Å²) in [5.41, 5.74) is 7.09. The van der Waals surface area contributed by atoms with E-state index in [2.05, 4.69) is 21.9 Å². The van der Waals surface area contributed by atoms with Crippen LogP contribution in [0, 0.1) is 0 Å². The molecule has 2 rings (SSSR count). The smallest absolute Gasteiger partial charge is 0.208 e. The van der Waals surface area contributed by atoms with Crippen LogP contribution in [0.2, 0.25) is 0 Å². The molecule has 2 N–H and O–H groups in total. The predicted octanol–water partition coefficient (Wildman–Crippen LogP) is 5.63.